The van der Waals surface area contributed by atoms with Gasteiger partial charge in [-0.25, -0.2) is 0 Å². The van der Waals surface area contributed by atoms with E-state index in [9.17, 15) is 4.79 Å². The van der Waals surface area contributed by atoms with E-state index in [0.717, 1.165) is 27.9 Å². The van der Waals surface area contributed by atoms with E-state index in [2.05, 4.69) is 0 Å². The van der Waals surface area contributed by atoms with Crippen LogP contribution in [0.4, 0.5) is 0 Å². The van der Waals surface area contributed by atoms with E-state index >= 15 is 0 Å². The lowest BCUT2D eigenvalue weighted by atomic mass is 10.0. The van der Waals surface area contributed by atoms with Gasteiger partial charge in [-0.3, -0.25) is 4.79 Å². The molecule has 1 aliphatic rings. The van der Waals surface area contributed by atoms with Crippen LogP contribution in [-0.4, -0.2) is 37.1 Å². The molecule has 3 aromatic rings. The number of amides is 1. The Morgan fingerprint density at radius 3 is 2.54 bits per heavy atom. The summed E-state index contributed by atoms with van der Waals surface area (Å²) in [6.45, 7) is 4.50. The molecule has 2 aromatic carbocycles. The number of furan rings is 1. The number of carbonyl (C=O) groups is 1. The Hall–Kier alpha value is -2.59. The molecule has 122 valence electrons. The van der Waals surface area contributed by atoms with Crippen LogP contribution < -0.4 is 0 Å². The van der Waals surface area contributed by atoms with Gasteiger partial charge in [0.05, 0.1) is 13.2 Å². The number of benzene rings is 2. The number of rotatable bonds is 2. The number of nitrogens with zero attached hydrogens (tertiary/aromatic N) is 1. The van der Waals surface area contributed by atoms with Crippen LogP contribution in [0.15, 0.2) is 52.9 Å². The minimum absolute atomic E-state index is 0.0666. The van der Waals surface area contributed by atoms with Gasteiger partial charge in [0.25, 0.3) is 5.91 Å². The number of hydrogen-bond donors (Lipinski definition) is 0. The molecular formula is C20H19NO3. The Kier molecular flexibility index (Phi) is 3.82. The van der Waals surface area contributed by atoms with Gasteiger partial charge in [0, 0.05) is 29.6 Å². The first-order valence-corrected chi connectivity index (χ1v) is 8.19. The van der Waals surface area contributed by atoms with Gasteiger partial charge in [-0.15, -0.1) is 0 Å². The van der Waals surface area contributed by atoms with Crippen molar-refractivity contribution in [2.75, 3.05) is 26.3 Å². The molecule has 4 nitrogen and oxygen atoms in total. The van der Waals surface area contributed by atoms with Crippen molar-refractivity contribution >= 4 is 16.9 Å². The molecule has 1 saturated heterocycles. The maximum absolute atomic E-state index is 12.5. The van der Waals surface area contributed by atoms with Crippen molar-refractivity contribution in [1.29, 1.82) is 0 Å². The minimum atomic E-state index is 0.0666. The zero-order valence-electron chi connectivity index (χ0n) is 13.6. The van der Waals surface area contributed by atoms with E-state index < -0.39 is 0 Å². The lowest BCUT2D eigenvalue weighted by Crippen LogP contribution is -2.40. The second-order valence-electron chi connectivity index (χ2n) is 6.06. The van der Waals surface area contributed by atoms with Crippen LogP contribution in [0.1, 0.15) is 16.1 Å². The third kappa shape index (κ3) is 2.69. The molecule has 24 heavy (non-hydrogen) atoms. The van der Waals surface area contributed by atoms with Gasteiger partial charge in [0.1, 0.15) is 11.3 Å². The molecule has 0 radical (unpaired) electrons. The molecule has 0 saturated carbocycles. The van der Waals surface area contributed by atoms with Crippen LogP contribution in [-0.2, 0) is 4.74 Å². The van der Waals surface area contributed by atoms with Gasteiger partial charge in [-0.1, -0.05) is 30.3 Å². The number of carbonyl (C=O) groups excluding carboxylic acids is 1. The molecule has 0 aliphatic carbocycles. The zero-order chi connectivity index (χ0) is 16.5. The lowest BCUT2D eigenvalue weighted by Gasteiger charge is -2.26. The predicted octanol–water partition coefficient (Wildman–Crippen LogP) is 3.88. The van der Waals surface area contributed by atoms with Crippen LogP contribution in [0.2, 0.25) is 0 Å². The molecule has 0 bridgehead atoms. The van der Waals surface area contributed by atoms with Gasteiger partial charge in [-0.2, -0.15) is 0 Å². The number of morpholine rings is 1. The average Bonchev–Trinajstić information content (AvgIpc) is 3.02. The van der Waals surface area contributed by atoms with Crippen molar-refractivity contribution in [3.63, 3.8) is 0 Å². The third-order valence-electron chi connectivity index (χ3n) is 4.41. The molecule has 1 fully saturated rings. The van der Waals surface area contributed by atoms with E-state index in [1.54, 1.807) is 0 Å². The smallest absolute Gasteiger partial charge is 0.254 e. The fourth-order valence-electron chi connectivity index (χ4n) is 3.16. The maximum Gasteiger partial charge on any atom is 0.254 e. The highest BCUT2D eigenvalue weighted by molar-refractivity contribution is 5.96. The second-order valence-corrected chi connectivity index (χ2v) is 6.06. The number of ether oxygens (including phenoxy) is 1. The SMILES string of the molecule is Cc1cc2cccc(-c3ccc(C(=O)N4CCOCC4)cc3)c2o1. The molecule has 1 aromatic heterocycles. The summed E-state index contributed by atoms with van der Waals surface area (Å²) in [5, 5.41) is 1.10. The first-order chi connectivity index (χ1) is 11.7. The molecule has 1 aliphatic heterocycles. The number of fused-ring (bicyclic) bond motifs is 1. The molecule has 0 unspecified atom stereocenters. The van der Waals surface area contributed by atoms with Crippen molar-refractivity contribution in [1.82, 2.24) is 4.90 Å². The summed E-state index contributed by atoms with van der Waals surface area (Å²) < 4.78 is 11.1. The van der Waals surface area contributed by atoms with E-state index in [4.69, 9.17) is 9.15 Å². The van der Waals surface area contributed by atoms with E-state index in [1.807, 2.05) is 60.4 Å². The normalized spacial score (nSPS) is 15.0. The van der Waals surface area contributed by atoms with Crippen LogP contribution in [0.5, 0.6) is 0 Å². The first-order valence-electron chi connectivity index (χ1n) is 8.19. The fraction of sp³-hybridized carbons (Fsp3) is 0.250. The average molecular weight is 321 g/mol. The molecule has 0 atom stereocenters. The van der Waals surface area contributed by atoms with Crippen molar-refractivity contribution < 1.29 is 13.9 Å². The fourth-order valence-corrected chi connectivity index (χ4v) is 3.16. The minimum Gasteiger partial charge on any atom is -0.461 e. The Morgan fingerprint density at radius 1 is 1.04 bits per heavy atom. The summed E-state index contributed by atoms with van der Waals surface area (Å²) in [5.41, 5.74) is 3.70. The van der Waals surface area contributed by atoms with Gasteiger partial charge in [-0.05, 0) is 30.7 Å². The molecule has 2 heterocycles. The second kappa shape index (κ2) is 6.13. The summed E-state index contributed by atoms with van der Waals surface area (Å²) in [6.07, 6.45) is 0. The highest BCUT2D eigenvalue weighted by atomic mass is 16.5. The van der Waals surface area contributed by atoms with Gasteiger partial charge < -0.3 is 14.1 Å². The Balaban J connectivity index is 1.64. The Labute approximate surface area is 140 Å². The molecule has 4 heteroatoms. The quantitative estimate of drug-likeness (QED) is 0.719. The molecular weight excluding hydrogens is 302 g/mol. The molecule has 0 spiro atoms. The maximum atomic E-state index is 12.5. The van der Waals surface area contributed by atoms with Crippen molar-refractivity contribution in [3.8, 4) is 11.1 Å². The highest BCUT2D eigenvalue weighted by Gasteiger charge is 2.18. The van der Waals surface area contributed by atoms with Crippen LogP contribution in [0.3, 0.4) is 0 Å². The summed E-state index contributed by atoms with van der Waals surface area (Å²) in [7, 11) is 0. The highest BCUT2D eigenvalue weighted by Crippen LogP contribution is 2.31. The van der Waals surface area contributed by atoms with Crippen LogP contribution in [0.25, 0.3) is 22.1 Å². The molecule has 1 amide bonds. The Bertz CT molecular complexity index is 874. The van der Waals surface area contributed by atoms with Crippen LogP contribution in [0, 0.1) is 6.92 Å². The van der Waals surface area contributed by atoms with Crippen molar-refractivity contribution in [2.24, 2.45) is 0 Å². The standard InChI is InChI=1S/C20H19NO3/c1-14-13-17-3-2-4-18(19(17)24-14)15-5-7-16(8-6-15)20(22)21-9-11-23-12-10-21/h2-8,13H,9-12H2,1H3. The topological polar surface area (TPSA) is 42.7 Å². The number of hydrogen-bond acceptors (Lipinski definition) is 3. The molecule has 4 rings (SSSR count). The Morgan fingerprint density at radius 2 is 1.79 bits per heavy atom. The van der Waals surface area contributed by atoms with Crippen molar-refractivity contribution in [2.45, 2.75) is 6.92 Å². The van der Waals surface area contributed by atoms with Gasteiger partial charge >= 0.3 is 0 Å². The van der Waals surface area contributed by atoms with E-state index in [-0.39, 0.29) is 5.91 Å². The van der Waals surface area contributed by atoms with Crippen LogP contribution >= 0.6 is 0 Å². The summed E-state index contributed by atoms with van der Waals surface area (Å²) >= 11 is 0. The summed E-state index contributed by atoms with van der Waals surface area (Å²) in [6, 6.07) is 15.9. The number of aryl methyl sites for hydroxylation is 1. The summed E-state index contributed by atoms with van der Waals surface area (Å²) in [4.78, 5) is 14.4. The zero-order valence-corrected chi connectivity index (χ0v) is 13.6. The van der Waals surface area contributed by atoms with E-state index in [0.29, 0.717) is 31.9 Å². The van der Waals surface area contributed by atoms with Gasteiger partial charge in [0.15, 0.2) is 0 Å². The number of para-hydroxylation sites is 1. The largest absolute Gasteiger partial charge is 0.461 e. The molecule has 0 N–H and O–H groups in total. The predicted molar refractivity (Wildman–Crippen MR) is 93.1 cm³/mol. The third-order valence-corrected chi connectivity index (χ3v) is 4.41. The van der Waals surface area contributed by atoms with Gasteiger partial charge in [0.2, 0.25) is 0 Å². The first kappa shape index (κ1) is 15.0. The monoisotopic (exact) mass is 321 g/mol. The summed E-state index contributed by atoms with van der Waals surface area (Å²) in [5.74, 6) is 0.966. The van der Waals surface area contributed by atoms with Crippen molar-refractivity contribution in [3.05, 3.63) is 59.9 Å². The lowest BCUT2D eigenvalue weighted by molar-refractivity contribution is 0.0303. The van der Waals surface area contributed by atoms with E-state index in [1.165, 1.54) is 0 Å².